The first kappa shape index (κ1) is 22.7. The first-order chi connectivity index (χ1) is 15.5. The molecule has 0 bridgehead atoms. The maximum Gasteiger partial charge on any atom is 0.417 e. The van der Waals surface area contributed by atoms with Crippen molar-refractivity contribution in [1.29, 1.82) is 0 Å². The van der Waals surface area contributed by atoms with Gasteiger partial charge in [0.15, 0.2) is 0 Å². The average Bonchev–Trinajstić information content (AvgIpc) is 2.75. The Balaban J connectivity index is 1.60. The highest BCUT2D eigenvalue weighted by atomic mass is 32.2. The summed E-state index contributed by atoms with van der Waals surface area (Å²) < 4.78 is 67.8. The van der Waals surface area contributed by atoms with E-state index in [0.717, 1.165) is 0 Å². The summed E-state index contributed by atoms with van der Waals surface area (Å²) in [4.78, 5) is 14.0. The lowest BCUT2D eigenvalue weighted by atomic mass is 9.95. The van der Waals surface area contributed by atoms with Gasteiger partial charge >= 0.3 is 6.18 Å². The largest absolute Gasteiger partial charge is 0.417 e. The lowest BCUT2D eigenvalue weighted by Gasteiger charge is -2.12. The standard InChI is InChI=1S/C23H16BF3N2O3S/c24-19-3-1-2-4-21(19)29-33(31,32)16-8-5-14(6-9-16)11-15-7-10-20-17(12-15)18(23(25,26)27)13-22(30)28-20/h1-10,12-13,29H,11H2,(H,28,30). The molecule has 2 radical (unpaired) electrons. The van der Waals surface area contributed by atoms with Crippen LogP contribution in [0.25, 0.3) is 10.9 Å². The van der Waals surface area contributed by atoms with Gasteiger partial charge in [0, 0.05) is 22.7 Å². The minimum atomic E-state index is -4.67. The maximum atomic E-state index is 13.4. The van der Waals surface area contributed by atoms with Crippen LogP contribution in [-0.4, -0.2) is 21.2 Å². The van der Waals surface area contributed by atoms with Crippen LogP contribution in [0.15, 0.2) is 82.5 Å². The monoisotopic (exact) mass is 468 g/mol. The van der Waals surface area contributed by atoms with Gasteiger partial charge in [0.25, 0.3) is 10.0 Å². The van der Waals surface area contributed by atoms with Crippen LogP contribution in [0.2, 0.25) is 0 Å². The molecular weight excluding hydrogens is 452 g/mol. The Labute approximate surface area is 188 Å². The van der Waals surface area contributed by atoms with Gasteiger partial charge in [-0.05, 0) is 47.9 Å². The van der Waals surface area contributed by atoms with Gasteiger partial charge in [-0.15, -0.1) is 0 Å². The van der Waals surface area contributed by atoms with Crippen LogP contribution in [0.1, 0.15) is 16.7 Å². The van der Waals surface area contributed by atoms with Crippen molar-refractivity contribution in [1.82, 2.24) is 4.98 Å². The van der Waals surface area contributed by atoms with E-state index in [2.05, 4.69) is 9.71 Å². The fourth-order valence-corrected chi connectivity index (χ4v) is 4.55. The number of sulfonamides is 1. The SMILES string of the molecule is [B]c1ccccc1NS(=O)(=O)c1ccc(Cc2ccc3[nH]c(=O)cc(C(F)(F)F)c3c2)cc1. The lowest BCUT2D eigenvalue weighted by molar-refractivity contribution is -0.136. The average molecular weight is 468 g/mol. The molecule has 0 saturated carbocycles. The third kappa shape index (κ3) is 4.95. The summed E-state index contributed by atoms with van der Waals surface area (Å²) in [5, 5.41) is -0.108. The van der Waals surface area contributed by atoms with Crippen molar-refractivity contribution in [2.45, 2.75) is 17.5 Å². The number of fused-ring (bicyclic) bond motifs is 1. The number of aromatic nitrogens is 1. The van der Waals surface area contributed by atoms with E-state index in [-0.39, 0.29) is 33.4 Å². The highest BCUT2D eigenvalue weighted by molar-refractivity contribution is 7.92. The number of rotatable bonds is 5. The highest BCUT2D eigenvalue weighted by Crippen LogP contribution is 2.33. The van der Waals surface area contributed by atoms with E-state index in [1.54, 1.807) is 42.5 Å². The van der Waals surface area contributed by atoms with E-state index >= 15 is 0 Å². The zero-order valence-corrected chi connectivity index (χ0v) is 17.8. The van der Waals surface area contributed by atoms with Crippen LogP contribution in [0.3, 0.4) is 0 Å². The summed E-state index contributed by atoms with van der Waals surface area (Å²) in [5.74, 6) is 0. The third-order valence-electron chi connectivity index (χ3n) is 5.06. The molecule has 1 aromatic heterocycles. The topological polar surface area (TPSA) is 79.0 Å². The highest BCUT2D eigenvalue weighted by Gasteiger charge is 2.33. The minimum absolute atomic E-state index is 0.0185. The number of hydrogen-bond donors (Lipinski definition) is 2. The molecule has 33 heavy (non-hydrogen) atoms. The van der Waals surface area contributed by atoms with Crippen molar-refractivity contribution < 1.29 is 21.6 Å². The fourth-order valence-electron chi connectivity index (χ4n) is 3.46. The molecule has 0 amide bonds. The van der Waals surface area contributed by atoms with E-state index in [1.165, 1.54) is 24.3 Å². The van der Waals surface area contributed by atoms with Gasteiger partial charge < -0.3 is 4.98 Å². The second kappa shape index (κ2) is 8.44. The predicted molar refractivity (Wildman–Crippen MR) is 121 cm³/mol. The van der Waals surface area contributed by atoms with E-state index in [1.807, 2.05) is 0 Å². The van der Waals surface area contributed by atoms with E-state index in [4.69, 9.17) is 7.85 Å². The third-order valence-corrected chi connectivity index (χ3v) is 6.44. The molecule has 0 spiro atoms. The minimum Gasteiger partial charge on any atom is -0.322 e. The van der Waals surface area contributed by atoms with Crippen molar-refractivity contribution in [2.24, 2.45) is 0 Å². The summed E-state index contributed by atoms with van der Waals surface area (Å²) in [7, 11) is 1.92. The Morgan fingerprint density at radius 2 is 1.58 bits per heavy atom. The molecule has 10 heteroatoms. The second-order valence-corrected chi connectivity index (χ2v) is 9.12. The van der Waals surface area contributed by atoms with Crippen LogP contribution in [0.5, 0.6) is 0 Å². The van der Waals surface area contributed by atoms with Gasteiger partial charge in [-0.25, -0.2) is 8.42 Å². The van der Waals surface area contributed by atoms with Crippen molar-refractivity contribution in [3.63, 3.8) is 0 Å². The summed E-state index contributed by atoms with van der Waals surface area (Å²) in [5.41, 5.74) is 0.0773. The lowest BCUT2D eigenvalue weighted by Crippen LogP contribution is -2.19. The number of halogens is 3. The van der Waals surface area contributed by atoms with Crippen molar-refractivity contribution in [3.8, 4) is 0 Å². The molecule has 0 saturated heterocycles. The summed E-state index contributed by atoms with van der Waals surface area (Å²) in [6, 6.07) is 17.4. The predicted octanol–water partition coefficient (Wildman–Crippen LogP) is 3.73. The van der Waals surface area contributed by atoms with Crippen LogP contribution >= 0.6 is 0 Å². The van der Waals surface area contributed by atoms with Gasteiger partial charge in [0.2, 0.25) is 5.56 Å². The van der Waals surface area contributed by atoms with Crippen molar-refractivity contribution >= 4 is 39.9 Å². The summed E-state index contributed by atoms with van der Waals surface area (Å²) in [6.07, 6.45) is -4.40. The van der Waals surface area contributed by atoms with Crippen molar-refractivity contribution in [2.75, 3.05) is 4.72 Å². The number of anilines is 1. The Bertz CT molecular complexity index is 1500. The van der Waals surface area contributed by atoms with Gasteiger partial charge in [-0.3, -0.25) is 9.52 Å². The van der Waals surface area contributed by atoms with E-state index < -0.39 is 27.3 Å². The number of pyridine rings is 1. The molecular formula is C23H16BF3N2O3S. The molecule has 0 unspecified atom stereocenters. The zero-order chi connectivity index (χ0) is 23.8. The Hall–Kier alpha value is -3.53. The number of H-pyrrole nitrogens is 1. The fraction of sp³-hybridized carbons (Fsp3) is 0.0870. The quantitative estimate of drug-likeness (QED) is 0.439. The molecule has 3 aromatic carbocycles. The number of para-hydroxylation sites is 1. The number of benzene rings is 3. The maximum absolute atomic E-state index is 13.4. The summed E-state index contributed by atoms with van der Waals surface area (Å²) >= 11 is 0. The van der Waals surface area contributed by atoms with E-state index in [0.29, 0.717) is 17.2 Å². The van der Waals surface area contributed by atoms with E-state index in [9.17, 15) is 26.4 Å². The number of alkyl halides is 3. The van der Waals surface area contributed by atoms with Crippen molar-refractivity contribution in [3.05, 3.63) is 99.8 Å². The molecule has 0 fully saturated rings. The number of hydrogen-bond acceptors (Lipinski definition) is 3. The number of aromatic amines is 1. The Kier molecular flexibility index (Phi) is 5.79. The molecule has 5 nitrogen and oxygen atoms in total. The first-order valence-electron chi connectivity index (χ1n) is 9.72. The molecule has 4 rings (SSSR count). The molecule has 0 aliphatic carbocycles. The Morgan fingerprint density at radius 3 is 2.24 bits per heavy atom. The van der Waals surface area contributed by atoms with Crippen LogP contribution < -0.4 is 15.7 Å². The van der Waals surface area contributed by atoms with Crippen LogP contribution in [-0.2, 0) is 22.6 Å². The molecule has 0 aliphatic heterocycles. The van der Waals surface area contributed by atoms with Gasteiger partial charge in [0.1, 0.15) is 7.85 Å². The molecule has 4 aromatic rings. The molecule has 166 valence electrons. The number of nitrogens with one attached hydrogen (secondary N) is 2. The molecule has 2 N–H and O–H groups in total. The normalized spacial score (nSPS) is 12.1. The smallest absolute Gasteiger partial charge is 0.322 e. The van der Waals surface area contributed by atoms with Gasteiger partial charge in [0.05, 0.1) is 10.5 Å². The molecule has 0 aliphatic rings. The molecule has 0 atom stereocenters. The summed E-state index contributed by atoms with van der Waals surface area (Å²) in [6.45, 7) is 0. The second-order valence-electron chi connectivity index (χ2n) is 7.44. The molecule has 1 heterocycles. The Morgan fingerprint density at radius 1 is 0.909 bits per heavy atom. The van der Waals surface area contributed by atoms with Gasteiger partial charge in [-0.1, -0.05) is 41.9 Å². The zero-order valence-electron chi connectivity index (χ0n) is 17.0. The van der Waals surface area contributed by atoms with Crippen LogP contribution in [0.4, 0.5) is 18.9 Å². The first-order valence-corrected chi connectivity index (χ1v) is 11.2. The van der Waals surface area contributed by atoms with Crippen LogP contribution in [0, 0.1) is 0 Å². The van der Waals surface area contributed by atoms with Gasteiger partial charge in [-0.2, -0.15) is 13.2 Å².